The van der Waals surface area contributed by atoms with Crippen molar-refractivity contribution in [2.75, 3.05) is 11.9 Å². The van der Waals surface area contributed by atoms with Crippen LogP contribution in [0.25, 0.3) is 0 Å². The van der Waals surface area contributed by atoms with Gasteiger partial charge < -0.3 is 5.32 Å². The smallest absolute Gasteiger partial charge is 0.326 e. The lowest BCUT2D eigenvalue weighted by molar-refractivity contribution is -0.140. The Labute approximate surface area is 161 Å². The van der Waals surface area contributed by atoms with Crippen LogP contribution in [0, 0.1) is 11.8 Å². The summed E-state index contributed by atoms with van der Waals surface area (Å²) < 4.78 is 47.8. The van der Waals surface area contributed by atoms with E-state index in [9.17, 15) is 31.6 Å². The normalized spacial score (nSPS) is 22.5. The molecule has 2 aliphatic rings. The lowest BCUT2D eigenvalue weighted by Gasteiger charge is -2.19. The predicted octanol–water partition coefficient (Wildman–Crippen LogP) is 2.19. The highest BCUT2D eigenvalue weighted by molar-refractivity contribution is 7.91. The molecule has 1 saturated carbocycles. The van der Waals surface area contributed by atoms with E-state index in [1.807, 2.05) is 0 Å². The molecule has 2 fully saturated rings. The minimum atomic E-state index is -4.69. The summed E-state index contributed by atoms with van der Waals surface area (Å²) >= 11 is 0. The second-order valence-corrected chi connectivity index (χ2v) is 8.87. The summed E-state index contributed by atoms with van der Waals surface area (Å²) in [5, 5.41) is 2.50. The lowest BCUT2D eigenvalue weighted by atomic mass is 9.81. The first-order valence-electron chi connectivity index (χ1n) is 8.99. The maximum Gasteiger partial charge on any atom is 0.341 e. The average molecular weight is 414 g/mol. The van der Waals surface area contributed by atoms with Crippen molar-refractivity contribution in [1.29, 1.82) is 0 Å². The molecule has 0 bridgehead atoms. The molecule has 0 spiro atoms. The van der Waals surface area contributed by atoms with Gasteiger partial charge in [0.15, 0.2) is 0 Å². The van der Waals surface area contributed by atoms with Crippen LogP contribution in [-0.4, -0.2) is 43.3 Å². The number of halogens is 2. The van der Waals surface area contributed by atoms with Crippen molar-refractivity contribution in [3.63, 3.8) is 0 Å². The number of carbonyl (C=O) groups is 3. The molecule has 1 aromatic carbocycles. The van der Waals surface area contributed by atoms with E-state index in [-0.39, 0.29) is 42.3 Å². The second-order valence-electron chi connectivity index (χ2n) is 6.95. The van der Waals surface area contributed by atoms with Gasteiger partial charge in [0.25, 0.3) is 0 Å². The van der Waals surface area contributed by atoms with Crippen LogP contribution < -0.4 is 5.32 Å². The summed E-state index contributed by atoms with van der Waals surface area (Å²) in [5.74, 6) is -4.97. The van der Waals surface area contributed by atoms with E-state index in [4.69, 9.17) is 0 Å². The summed E-state index contributed by atoms with van der Waals surface area (Å²) in [7, 11) is -4.69. The molecule has 7 nitrogen and oxygen atoms in total. The van der Waals surface area contributed by atoms with Crippen molar-refractivity contribution in [2.45, 2.75) is 42.8 Å². The fourth-order valence-corrected chi connectivity index (χ4v) is 4.44. The van der Waals surface area contributed by atoms with E-state index in [2.05, 4.69) is 5.32 Å². The third kappa shape index (κ3) is 3.91. The maximum absolute atomic E-state index is 12.5. The molecule has 1 N–H and O–H groups in total. The number of imide groups is 1. The number of anilines is 1. The first-order chi connectivity index (χ1) is 13.2. The molecule has 1 aliphatic heterocycles. The topological polar surface area (TPSA) is 101 Å². The number of sulfone groups is 1. The standard InChI is InChI=1S/C18H20F2N2O5S/c19-18(20)28(26,27)12-7-5-11(6-8-12)21-15(23)9-10-22-16(24)13-3-1-2-4-14(13)17(22)25/h5-8,13-14,18H,1-4,9-10H2,(H,21,23)/t13-,14-/m1/s1. The molecular formula is C18H20F2N2O5S. The molecule has 152 valence electrons. The van der Waals surface area contributed by atoms with Crippen molar-refractivity contribution in [1.82, 2.24) is 4.90 Å². The highest BCUT2D eigenvalue weighted by Crippen LogP contribution is 2.38. The molecule has 1 aliphatic carbocycles. The van der Waals surface area contributed by atoms with E-state index in [0.29, 0.717) is 12.8 Å². The van der Waals surface area contributed by atoms with E-state index in [1.54, 1.807) is 0 Å². The summed E-state index contributed by atoms with van der Waals surface area (Å²) in [6, 6.07) is 4.37. The SMILES string of the molecule is O=C(CCN1C(=O)[C@@H]2CCCC[C@H]2C1=O)Nc1ccc(S(=O)(=O)C(F)F)cc1. The van der Waals surface area contributed by atoms with Gasteiger partial charge >= 0.3 is 5.76 Å². The van der Waals surface area contributed by atoms with Crippen molar-refractivity contribution in [3.05, 3.63) is 24.3 Å². The molecule has 3 amide bonds. The van der Waals surface area contributed by atoms with Crippen LogP contribution in [0.2, 0.25) is 0 Å². The number of benzene rings is 1. The van der Waals surface area contributed by atoms with Gasteiger partial charge in [-0.3, -0.25) is 19.3 Å². The first-order valence-corrected chi connectivity index (χ1v) is 10.5. The molecule has 1 saturated heterocycles. The number of alkyl halides is 2. The third-order valence-corrected chi connectivity index (χ3v) is 6.59. The summed E-state index contributed by atoms with van der Waals surface area (Å²) in [4.78, 5) is 37.4. The average Bonchev–Trinajstić information content (AvgIpc) is 2.91. The van der Waals surface area contributed by atoms with E-state index in [1.165, 1.54) is 12.1 Å². The minimum absolute atomic E-state index is 0.0195. The largest absolute Gasteiger partial charge is 0.341 e. The fraction of sp³-hybridized carbons (Fsp3) is 0.500. The van der Waals surface area contributed by atoms with Crippen LogP contribution in [0.3, 0.4) is 0 Å². The molecule has 0 unspecified atom stereocenters. The highest BCUT2D eigenvalue weighted by Gasteiger charge is 2.47. The van der Waals surface area contributed by atoms with Gasteiger partial charge in [-0.1, -0.05) is 12.8 Å². The van der Waals surface area contributed by atoms with Crippen LogP contribution in [0.4, 0.5) is 14.5 Å². The Morgan fingerprint density at radius 2 is 1.61 bits per heavy atom. The first kappa shape index (κ1) is 20.4. The second kappa shape index (κ2) is 7.94. The number of likely N-dealkylation sites (tertiary alicyclic amines) is 1. The van der Waals surface area contributed by atoms with Crippen LogP contribution in [0.15, 0.2) is 29.2 Å². The predicted molar refractivity (Wildman–Crippen MR) is 95.0 cm³/mol. The maximum atomic E-state index is 12.5. The quantitative estimate of drug-likeness (QED) is 0.719. The van der Waals surface area contributed by atoms with Crippen molar-refractivity contribution in [2.24, 2.45) is 11.8 Å². The number of carbonyl (C=O) groups excluding carboxylic acids is 3. The Hall–Kier alpha value is -2.36. The number of rotatable bonds is 6. The lowest BCUT2D eigenvalue weighted by Crippen LogP contribution is -2.34. The van der Waals surface area contributed by atoms with Crippen LogP contribution in [0.1, 0.15) is 32.1 Å². The fourth-order valence-electron chi connectivity index (χ4n) is 3.72. The van der Waals surface area contributed by atoms with Gasteiger partial charge in [0.2, 0.25) is 27.6 Å². The molecule has 3 rings (SSSR count). The molecule has 2 atom stereocenters. The Morgan fingerprint density at radius 3 is 2.11 bits per heavy atom. The van der Waals surface area contributed by atoms with Crippen molar-refractivity contribution >= 4 is 33.2 Å². The Bertz CT molecular complexity index is 862. The van der Waals surface area contributed by atoms with Gasteiger partial charge in [0, 0.05) is 18.7 Å². The summed E-state index contributed by atoms with van der Waals surface area (Å²) in [6.07, 6.45) is 3.14. The molecule has 0 radical (unpaired) electrons. The number of nitrogens with zero attached hydrogens (tertiary/aromatic N) is 1. The number of amides is 3. The number of fused-ring (bicyclic) bond motifs is 1. The van der Waals surface area contributed by atoms with Crippen molar-refractivity contribution < 1.29 is 31.6 Å². The summed E-state index contributed by atoms with van der Waals surface area (Å²) in [6.45, 7) is -0.0195. The monoisotopic (exact) mass is 414 g/mol. The number of hydrogen-bond donors (Lipinski definition) is 1. The number of hydrogen-bond acceptors (Lipinski definition) is 5. The molecular weight excluding hydrogens is 394 g/mol. The van der Waals surface area contributed by atoms with Crippen LogP contribution in [0.5, 0.6) is 0 Å². The van der Waals surface area contributed by atoms with E-state index >= 15 is 0 Å². The number of nitrogens with one attached hydrogen (secondary N) is 1. The molecule has 1 aromatic rings. The van der Waals surface area contributed by atoms with Gasteiger partial charge in [-0.25, -0.2) is 8.42 Å². The van der Waals surface area contributed by atoms with E-state index < -0.39 is 26.4 Å². The van der Waals surface area contributed by atoms with E-state index in [0.717, 1.165) is 29.9 Å². The zero-order valence-corrected chi connectivity index (χ0v) is 15.8. The van der Waals surface area contributed by atoms with Crippen LogP contribution in [-0.2, 0) is 24.2 Å². The third-order valence-electron chi connectivity index (χ3n) is 5.20. The Balaban J connectivity index is 1.56. The zero-order valence-electron chi connectivity index (χ0n) is 14.9. The van der Waals surface area contributed by atoms with Gasteiger partial charge in [-0.2, -0.15) is 8.78 Å². The van der Waals surface area contributed by atoms with Crippen molar-refractivity contribution in [3.8, 4) is 0 Å². The molecule has 1 heterocycles. The summed E-state index contributed by atoms with van der Waals surface area (Å²) in [5.41, 5.74) is 0.228. The molecule has 28 heavy (non-hydrogen) atoms. The highest BCUT2D eigenvalue weighted by atomic mass is 32.2. The Morgan fingerprint density at radius 1 is 1.07 bits per heavy atom. The van der Waals surface area contributed by atoms with Gasteiger partial charge in [0.05, 0.1) is 16.7 Å². The molecule has 10 heteroatoms. The minimum Gasteiger partial charge on any atom is -0.326 e. The molecule has 0 aromatic heterocycles. The van der Waals surface area contributed by atoms with Gasteiger partial charge in [0.1, 0.15) is 0 Å². The Kier molecular flexibility index (Phi) is 5.78. The van der Waals surface area contributed by atoms with Gasteiger partial charge in [-0.05, 0) is 37.1 Å². The van der Waals surface area contributed by atoms with Crippen LogP contribution >= 0.6 is 0 Å². The van der Waals surface area contributed by atoms with Gasteiger partial charge in [-0.15, -0.1) is 0 Å². The zero-order chi connectivity index (χ0) is 20.5.